The first kappa shape index (κ1) is 13.3. The molecule has 0 aliphatic carbocycles. The fourth-order valence-electron chi connectivity index (χ4n) is 3.23. The van der Waals surface area contributed by atoms with Gasteiger partial charge in [0.1, 0.15) is 5.75 Å². The van der Waals surface area contributed by atoms with Crippen LogP contribution in [0.1, 0.15) is 24.3 Å². The van der Waals surface area contributed by atoms with E-state index in [-0.39, 0.29) is 5.75 Å². The second kappa shape index (κ2) is 5.42. The number of aromatic amines is 1. The zero-order valence-electron chi connectivity index (χ0n) is 12.2. The Labute approximate surface area is 128 Å². The minimum atomic E-state index is 0.232. The second-order valence-electron chi connectivity index (χ2n) is 5.78. The maximum absolute atomic E-state index is 10.0. The van der Waals surface area contributed by atoms with Gasteiger partial charge in [-0.05, 0) is 55.6 Å². The number of hydrogen-bond acceptors (Lipinski definition) is 4. The molecule has 22 heavy (non-hydrogen) atoms. The van der Waals surface area contributed by atoms with E-state index in [1.807, 2.05) is 24.3 Å². The monoisotopic (exact) mass is 294 g/mol. The van der Waals surface area contributed by atoms with Gasteiger partial charge in [0.15, 0.2) is 5.65 Å². The highest BCUT2D eigenvalue weighted by molar-refractivity contribution is 5.84. The molecule has 0 unspecified atom stereocenters. The molecule has 3 heterocycles. The summed E-state index contributed by atoms with van der Waals surface area (Å²) in [6.07, 6.45) is 4.34. The average molecular weight is 294 g/mol. The fraction of sp³-hybridized carbons (Fsp3) is 0.294. The predicted octanol–water partition coefficient (Wildman–Crippen LogP) is 2.80. The van der Waals surface area contributed by atoms with Crippen LogP contribution in [-0.2, 0) is 0 Å². The molecule has 0 spiro atoms. The number of aromatic hydroxyl groups is 1. The van der Waals surface area contributed by atoms with Gasteiger partial charge in [-0.1, -0.05) is 12.1 Å². The molecule has 0 radical (unpaired) electrons. The minimum absolute atomic E-state index is 0.232. The summed E-state index contributed by atoms with van der Waals surface area (Å²) in [5.41, 5.74) is 3.55. The first-order chi connectivity index (χ1) is 10.8. The average Bonchev–Trinajstić information content (AvgIpc) is 2.99. The van der Waals surface area contributed by atoms with Crippen LogP contribution in [0, 0.1) is 0 Å². The number of piperidine rings is 1. The van der Waals surface area contributed by atoms with E-state index in [1.165, 1.54) is 5.56 Å². The lowest BCUT2D eigenvalue weighted by Crippen LogP contribution is -2.26. The van der Waals surface area contributed by atoms with Gasteiger partial charge in [0.25, 0.3) is 0 Å². The lowest BCUT2D eigenvalue weighted by Gasteiger charge is -2.22. The molecule has 5 nitrogen and oxygen atoms in total. The third kappa shape index (κ3) is 2.23. The molecule has 1 aliphatic rings. The number of phenolic OH excluding ortho intramolecular Hbond substituents is 1. The molecule has 0 amide bonds. The summed E-state index contributed by atoms with van der Waals surface area (Å²) in [4.78, 5) is 3.22. The van der Waals surface area contributed by atoms with E-state index in [0.29, 0.717) is 11.6 Å². The van der Waals surface area contributed by atoms with Gasteiger partial charge in [0.2, 0.25) is 0 Å². The van der Waals surface area contributed by atoms with Crippen molar-refractivity contribution in [1.82, 2.24) is 20.5 Å². The fourth-order valence-corrected chi connectivity index (χ4v) is 3.23. The summed E-state index contributed by atoms with van der Waals surface area (Å²) >= 11 is 0. The van der Waals surface area contributed by atoms with Crippen LogP contribution >= 0.6 is 0 Å². The van der Waals surface area contributed by atoms with E-state index in [1.54, 1.807) is 6.07 Å². The largest absolute Gasteiger partial charge is 0.507 e. The van der Waals surface area contributed by atoms with Crippen molar-refractivity contribution in [3.63, 3.8) is 0 Å². The van der Waals surface area contributed by atoms with Crippen molar-refractivity contribution >= 4 is 11.0 Å². The Kier molecular flexibility index (Phi) is 3.27. The summed E-state index contributed by atoms with van der Waals surface area (Å²) in [7, 11) is 0. The van der Waals surface area contributed by atoms with Gasteiger partial charge in [-0.3, -0.25) is 0 Å². The van der Waals surface area contributed by atoms with Crippen LogP contribution in [0.5, 0.6) is 5.75 Å². The van der Waals surface area contributed by atoms with Crippen molar-refractivity contribution in [3.8, 4) is 17.0 Å². The van der Waals surface area contributed by atoms with Gasteiger partial charge < -0.3 is 15.4 Å². The van der Waals surface area contributed by atoms with Crippen LogP contribution in [0.4, 0.5) is 0 Å². The highest BCUT2D eigenvalue weighted by Gasteiger charge is 2.20. The molecule has 1 aliphatic heterocycles. The number of H-pyrrole nitrogens is 1. The zero-order valence-corrected chi connectivity index (χ0v) is 12.2. The van der Waals surface area contributed by atoms with Crippen molar-refractivity contribution in [1.29, 1.82) is 0 Å². The van der Waals surface area contributed by atoms with Crippen LogP contribution in [0.15, 0.2) is 36.5 Å². The van der Waals surface area contributed by atoms with Crippen molar-refractivity contribution in [2.24, 2.45) is 0 Å². The summed E-state index contributed by atoms with van der Waals surface area (Å²) in [6.45, 7) is 2.12. The normalized spacial score (nSPS) is 16.2. The van der Waals surface area contributed by atoms with E-state index in [0.717, 1.165) is 42.5 Å². The molecule has 3 N–H and O–H groups in total. The van der Waals surface area contributed by atoms with Crippen molar-refractivity contribution in [2.75, 3.05) is 13.1 Å². The first-order valence-corrected chi connectivity index (χ1v) is 7.67. The first-order valence-electron chi connectivity index (χ1n) is 7.67. The third-order valence-corrected chi connectivity index (χ3v) is 4.43. The highest BCUT2D eigenvalue weighted by atomic mass is 16.3. The number of phenols is 1. The molecular weight excluding hydrogens is 276 g/mol. The third-order valence-electron chi connectivity index (χ3n) is 4.43. The lowest BCUT2D eigenvalue weighted by molar-refractivity contribution is 0.462. The van der Waals surface area contributed by atoms with E-state index < -0.39 is 0 Å². The van der Waals surface area contributed by atoms with Gasteiger partial charge in [-0.25, -0.2) is 0 Å². The number of nitrogens with zero attached hydrogens (tertiary/aromatic N) is 2. The van der Waals surface area contributed by atoms with E-state index in [2.05, 4.69) is 26.7 Å². The van der Waals surface area contributed by atoms with Crippen LogP contribution in [-0.4, -0.2) is 33.4 Å². The second-order valence-corrected chi connectivity index (χ2v) is 5.78. The smallest absolute Gasteiger partial charge is 0.160 e. The van der Waals surface area contributed by atoms with Crippen LogP contribution < -0.4 is 5.32 Å². The Balaban J connectivity index is 1.81. The molecule has 3 aromatic rings. The van der Waals surface area contributed by atoms with E-state index >= 15 is 0 Å². The molecule has 2 aromatic heterocycles. The van der Waals surface area contributed by atoms with Gasteiger partial charge in [-0.2, -0.15) is 0 Å². The van der Waals surface area contributed by atoms with E-state index in [9.17, 15) is 5.11 Å². The maximum atomic E-state index is 10.0. The Bertz CT molecular complexity index is 805. The summed E-state index contributed by atoms with van der Waals surface area (Å²) in [6, 6.07) is 9.27. The molecule has 5 heteroatoms. The number of fused-ring (bicyclic) bond motifs is 1. The van der Waals surface area contributed by atoms with Gasteiger partial charge in [0, 0.05) is 17.1 Å². The van der Waals surface area contributed by atoms with Crippen LogP contribution in [0.2, 0.25) is 0 Å². The summed E-state index contributed by atoms with van der Waals surface area (Å²) < 4.78 is 0. The van der Waals surface area contributed by atoms with Gasteiger partial charge in [-0.15, -0.1) is 10.2 Å². The Hall–Kier alpha value is -2.40. The van der Waals surface area contributed by atoms with Gasteiger partial charge >= 0.3 is 0 Å². The van der Waals surface area contributed by atoms with Crippen molar-refractivity contribution in [2.45, 2.75) is 18.8 Å². The number of aromatic nitrogens is 3. The SMILES string of the molecule is Oc1ccccc1-c1cc2c(C3CCNCC3)c[nH]c2nn1. The molecule has 4 rings (SSSR count). The standard InChI is InChI=1S/C17H18N4O/c22-16-4-2-1-3-12(16)15-9-13-14(10-19-17(13)21-20-15)11-5-7-18-8-6-11/h1-4,9-11,18,22H,5-8H2,(H,19,21). The lowest BCUT2D eigenvalue weighted by atomic mass is 9.90. The molecule has 1 fully saturated rings. The molecule has 112 valence electrons. The Morgan fingerprint density at radius 1 is 1.09 bits per heavy atom. The Morgan fingerprint density at radius 2 is 1.91 bits per heavy atom. The molecule has 0 saturated carbocycles. The number of hydrogen-bond donors (Lipinski definition) is 3. The Morgan fingerprint density at radius 3 is 2.73 bits per heavy atom. The quantitative estimate of drug-likeness (QED) is 0.679. The molecule has 1 saturated heterocycles. The van der Waals surface area contributed by atoms with Crippen molar-refractivity contribution < 1.29 is 5.11 Å². The topological polar surface area (TPSA) is 73.8 Å². The number of benzene rings is 1. The van der Waals surface area contributed by atoms with Crippen molar-refractivity contribution in [3.05, 3.63) is 42.1 Å². The number of para-hydroxylation sites is 1. The van der Waals surface area contributed by atoms with Crippen LogP contribution in [0.25, 0.3) is 22.3 Å². The predicted molar refractivity (Wildman–Crippen MR) is 85.8 cm³/mol. The molecule has 1 aromatic carbocycles. The van der Waals surface area contributed by atoms with Gasteiger partial charge in [0.05, 0.1) is 5.69 Å². The molecule has 0 bridgehead atoms. The number of rotatable bonds is 2. The maximum Gasteiger partial charge on any atom is 0.160 e. The number of nitrogens with one attached hydrogen (secondary N) is 2. The van der Waals surface area contributed by atoms with Crippen LogP contribution in [0.3, 0.4) is 0 Å². The molecular formula is C17H18N4O. The minimum Gasteiger partial charge on any atom is -0.507 e. The highest BCUT2D eigenvalue weighted by Crippen LogP contribution is 2.33. The zero-order chi connectivity index (χ0) is 14.9. The summed E-state index contributed by atoms with van der Waals surface area (Å²) in [5, 5.41) is 23.1. The molecule has 0 atom stereocenters. The summed E-state index contributed by atoms with van der Waals surface area (Å²) in [5.74, 6) is 0.784. The van der Waals surface area contributed by atoms with E-state index in [4.69, 9.17) is 0 Å².